The first kappa shape index (κ1) is 11.4. The molecule has 0 aliphatic carbocycles. The number of aliphatic hydroxyl groups excluding tert-OH is 1. The third-order valence-electron chi connectivity index (χ3n) is 1.75. The Morgan fingerprint density at radius 3 is 2.86 bits per heavy atom. The Labute approximate surface area is 91.9 Å². The number of nitrogens with zero attached hydrogens (tertiary/aromatic N) is 2. The molecule has 1 aromatic heterocycles. The molecule has 4 nitrogen and oxygen atoms in total. The van der Waals surface area contributed by atoms with Crippen LogP contribution < -0.4 is 5.32 Å². The summed E-state index contributed by atoms with van der Waals surface area (Å²) in [4.78, 5) is 7.94. The molecule has 0 fully saturated rings. The van der Waals surface area contributed by atoms with E-state index in [1.807, 2.05) is 6.92 Å². The molecule has 0 aromatic carbocycles. The van der Waals surface area contributed by atoms with E-state index in [0.717, 1.165) is 10.3 Å². The zero-order valence-corrected chi connectivity index (χ0v) is 9.82. The van der Waals surface area contributed by atoms with Crippen molar-refractivity contribution < 1.29 is 5.11 Å². The molecule has 0 radical (unpaired) electrons. The summed E-state index contributed by atoms with van der Waals surface area (Å²) in [6, 6.07) is 0.182. The van der Waals surface area contributed by atoms with Crippen molar-refractivity contribution in [2.75, 3.05) is 5.32 Å². The Kier molecular flexibility index (Phi) is 4.28. The van der Waals surface area contributed by atoms with Gasteiger partial charge in [0.15, 0.2) is 0 Å². The van der Waals surface area contributed by atoms with Crippen molar-refractivity contribution in [3.05, 3.63) is 17.0 Å². The van der Waals surface area contributed by atoms with E-state index in [0.29, 0.717) is 6.42 Å². The van der Waals surface area contributed by atoms with Crippen molar-refractivity contribution in [2.45, 2.75) is 32.4 Å². The summed E-state index contributed by atoms with van der Waals surface area (Å²) in [7, 11) is 0. The number of rotatable bonds is 4. The highest BCUT2D eigenvalue weighted by Gasteiger charge is 2.08. The Morgan fingerprint density at radius 2 is 2.29 bits per heavy atom. The zero-order chi connectivity index (χ0) is 10.6. The Bertz CT molecular complexity index is 293. The van der Waals surface area contributed by atoms with E-state index < -0.39 is 0 Å². The molecule has 1 aromatic rings. The van der Waals surface area contributed by atoms with E-state index in [9.17, 15) is 5.11 Å². The summed E-state index contributed by atoms with van der Waals surface area (Å²) in [6.45, 7) is 3.77. The third kappa shape index (κ3) is 3.59. The fraction of sp³-hybridized carbons (Fsp3) is 0.556. The molecule has 5 heteroatoms. The summed E-state index contributed by atoms with van der Waals surface area (Å²) in [5.41, 5.74) is 0. The van der Waals surface area contributed by atoms with E-state index in [2.05, 4.69) is 31.2 Å². The summed E-state index contributed by atoms with van der Waals surface area (Å²) in [5, 5.41) is 12.4. The highest BCUT2D eigenvalue weighted by molar-refractivity contribution is 9.10. The predicted octanol–water partition coefficient (Wildman–Crippen LogP) is 1.81. The van der Waals surface area contributed by atoms with Gasteiger partial charge in [0.25, 0.3) is 0 Å². The molecule has 14 heavy (non-hydrogen) atoms. The van der Waals surface area contributed by atoms with Gasteiger partial charge in [-0.25, -0.2) is 9.97 Å². The number of halogens is 1. The molecule has 2 atom stereocenters. The minimum Gasteiger partial charge on any atom is -0.393 e. The van der Waals surface area contributed by atoms with Crippen LogP contribution in [0.25, 0.3) is 0 Å². The average Bonchev–Trinajstić information content (AvgIpc) is 2.07. The van der Waals surface area contributed by atoms with Gasteiger partial charge in [-0.15, -0.1) is 0 Å². The Hall–Kier alpha value is -0.680. The van der Waals surface area contributed by atoms with Crippen LogP contribution in [0.1, 0.15) is 20.3 Å². The van der Waals surface area contributed by atoms with Crippen LogP contribution in [-0.4, -0.2) is 27.2 Å². The largest absolute Gasteiger partial charge is 0.393 e. The minimum absolute atomic E-state index is 0.182. The molecule has 1 rings (SSSR count). The van der Waals surface area contributed by atoms with Crippen LogP contribution in [0.3, 0.4) is 0 Å². The Morgan fingerprint density at radius 1 is 1.57 bits per heavy atom. The number of nitrogens with one attached hydrogen (secondary N) is 1. The van der Waals surface area contributed by atoms with Gasteiger partial charge in [-0.1, -0.05) is 0 Å². The molecule has 0 aliphatic rings. The fourth-order valence-corrected chi connectivity index (χ4v) is 1.56. The molecule has 0 amide bonds. The molecule has 0 saturated carbocycles. The van der Waals surface area contributed by atoms with Gasteiger partial charge in [-0.05, 0) is 36.2 Å². The second-order valence-electron chi connectivity index (χ2n) is 3.35. The van der Waals surface area contributed by atoms with Crippen molar-refractivity contribution in [3.63, 3.8) is 0 Å². The molecule has 0 spiro atoms. The first-order chi connectivity index (χ1) is 6.59. The van der Waals surface area contributed by atoms with Crippen molar-refractivity contribution in [1.82, 2.24) is 9.97 Å². The van der Waals surface area contributed by atoms with Crippen molar-refractivity contribution in [1.29, 1.82) is 0 Å². The molecule has 0 saturated heterocycles. The normalized spacial score (nSPS) is 14.9. The van der Waals surface area contributed by atoms with E-state index in [1.54, 1.807) is 13.1 Å². The van der Waals surface area contributed by atoms with Crippen molar-refractivity contribution >= 4 is 21.7 Å². The molecular formula is C9H14BrN3O. The lowest BCUT2D eigenvalue weighted by molar-refractivity contribution is 0.179. The standard InChI is InChI=1S/C9H14BrN3O/c1-6(3-7(2)14)13-9-8(10)4-11-5-12-9/h4-7,14H,3H2,1-2H3,(H,11,12,13). The van der Waals surface area contributed by atoms with E-state index >= 15 is 0 Å². The first-order valence-corrected chi connectivity index (χ1v) is 5.29. The number of hydrogen-bond acceptors (Lipinski definition) is 4. The third-order valence-corrected chi connectivity index (χ3v) is 2.33. The summed E-state index contributed by atoms with van der Waals surface area (Å²) in [5.74, 6) is 0.758. The SMILES string of the molecule is CC(O)CC(C)Nc1ncncc1Br. The second-order valence-corrected chi connectivity index (χ2v) is 4.20. The van der Waals surface area contributed by atoms with Crippen molar-refractivity contribution in [3.8, 4) is 0 Å². The molecule has 78 valence electrons. The molecule has 2 unspecified atom stereocenters. The number of hydrogen-bond donors (Lipinski definition) is 2. The maximum atomic E-state index is 9.19. The molecular weight excluding hydrogens is 246 g/mol. The lowest BCUT2D eigenvalue weighted by Gasteiger charge is -2.16. The predicted molar refractivity (Wildman–Crippen MR) is 59.1 cm³/mol. The van der Waals surface area contributed by atoms with Crippen LogP contribution in [0.15, 0.2) is 17.0 Å². The number of aromatic nitrogens is 2. The summed E-state index contributed by atoms with van der Waals surface area (Å²) < 4.78 is 0.831. The van der Waals surface area contributed by atoms with E-state index in [4.69, 9.17) is 0 Å². The van der Waals surface area contributed by atoms with Gasteiger partial charge < -0.3 is 10.4 Å². The maximum Gasteiger partial charge on any atom is 0.143 e. The van der Waals surface area contributed by atoms with Gasteiger partial charge in [-0.2, -0.15) is 0 Å². The second kappa shape index (κ2) is 5.26. The quantitative estimate of drug-likeness (QED) is 0.866. The molecule has 0 bridgehead atoms. The summed E-state index contributed by atoms with van der Waals surface area (Å²) >= 11 is 3.34. The van der Waals surface area contributed by atoms with Crippen LogP contribution in [0, 0.1) is 0 Å². The minimum atomic E-state index is -0.307. The molecule has 2 N–H and O–H groups in total. The van der Waals surface area contributed by atoms with Gasteiger partial charge in [0, 0.05) is 12.2 Å². The highest BCUT2D eigenvalue weighted by Crippen LogP contribution is 2.18. The van der Waals surface area contributed by atoms with Gasteiger partial charge in [0.05, 0.1) is 10.6 Å². The lowest BCUT2D eigenvalue weighted by atomic mass is 10.1. The Balaban J connectivity index is 2.56. The van der Waals surface area contributed by atoms with Crippen molar-refractivity contribution in [2.24, 2.45) is 0 Å². The molecule has 1 heterocycles. The maximum absolute atomic E-state index is 9.19. The highest BCUT2D eigenvalue weighted by atomic mass is 79.9. The first-order valence-electron chi connectivity index (χ1n) is 4.49. The van der Waals surface area contributed by atoms with Crippen LogP contribution in [0.5, 0.6) is 0 Å². The fourth-order valence-electron chi connectivity index (χ4n) is 1.22. The average molecular weight is 260 g/mol. The topological polar surface area (TPSA) is 58.0 Å². The number of anilines is 1. The van der Waals surface area contributed by atoms with Crippen LogP contribution in [-0.2, 0) is 0 Å². The van der Waals surface area contributed by atoms with Crippen LogP contribution in [0.4, 0.5) is 5.82 Å². The van der Waals surface area contributed by atoms with Gasteiger partial charge in [0.1, 0.15) is 12.1 Å². The molecule has 0 aliphatic heterocycles. The summed E-state index contributed by atoms with van der Waals surface area (Å²) in [6.07, 6.45) is 3.56. The van der Waals surface area contributed by atoms with Gasteiger partial charge >= 0.3 is 0 Å². The van der Waals surface area contributed by atoms with Crippen LogP contribution >= 0.6 is 15.9 Å². The smallest absolute Gasteiger partial charge is 0.143 e. The monoisotopic (exact) mass is 259 g/mol. The van der Waals surface area contributed by atoms with E-state index in [1.165, 1.54) is 6.33 Å². The van der Waals surface area contributed by atoms with Gasteiger partial charge in [0.2, 0.25) is 0 Å². The van der Waals surface area contributed by atoms with Gasteiger partial charge in [-0.3, -0.25) is 0 Å². The lowest BCUT2D eigenvalue weighted by Crippen LogP contribution is -2.21. The number of aliphatic hydroxyl groups is 1. The van der Waals surface area contributed by atoms with E-state index in [-0.39, 0.29) is 12.1 Å². The zero-order valence-electron chi connectivity index (χ0n) is 8.24. The van der Waals surface area contributed by atoms with Crippen LogP contribution in [0.2, 0.25) is 0 Å².